The number of fused-ring (bicyclic) bond motifs is 1. The first-order chi connectivity index (χ1) is 15.6. The van der Waals surface area contributed by atoms with Gasteiger partial charge >= 0.3 is 0 Å². The molecule has 0 atom stereocenters. The van der Waals surface area contributed by atoms with Gasteiger partial charge < -0.3 is 4.57 Å². The van der Waals surface area contributed by atoms with E-state index in [0.717, 1.165) is 34.9 Å². The Bertz CT molecular complexity index is 1370. The normalized spacial score (nSPS) is 11.3. The number of benzene rings is 2. The number of aromatic nitrogens is 7. The molecule has 3 heterocycles. The predicted octanol–water partition coefficient (Wildman–Crippen LogP) is 4.43. The van der Waals surface area contributed by atoms with Gasteiger partial charge in [-0.05, 0) is 58.2 Å². The summed E-state index contributed by atoms with van der Waals surface area (Å²) in [6, 6.07) is 19.1. The Morgan fingerprint density at radius 3 is 2.56 bits per heavy atom. The van der Waals surface area contributed by atoms with Crippen LogP contribution in [0.5, 0.6) is 0 Å². The smallest absolute Gasteiger partial charge is 0.160 e. The molecule has 32 heavy (non-hydrogen) atoms. The van der Waals surface area contributed by atoms with Crippen molar-refractivity contribution in [1.82, 2.24) is 35.2 Å². The summed E-state index contributed by atoms with van der Waals surface area (Å²) in [5, 5.41) is 14.5. The number of nitrogens with one attached hydrogen (secondary N) is 1. The van der Waals surface area contributed by atoms with E-state index in [1.807, 2.05) is 13.0 Å². The highest BCUT2D eigenvalue weighted by Crippen LogP contribution is 2.28. The summed E-state index contributed by atoms with van der Waals surface area (Å²) < 4.78 is 2.24. The second-order valence-corrected chi connectivity index (χ2v) is 8.10. The van der Waals surface area contributed by atoms with E-state index in [2.05, 4.69) is 87.6 Å². The second kappa shape index (κ2) is 8.34. The third kappa shape index (κ3) is 3.77. The van der Waals surface area contributed by atoms with Crippen molar-refractivity contribution in [2.24, 2.45) is 0 Å². The molecule has 0 bridgehead atoms. The van der Waals surface area contributed by atoms with Crippen LogP contribution in [0.15, 0.2) is 54.6 Å². The van der Waals surface area contributed by atoms with Crippen LogP contribution >= 0.6 is 0 Å². The molecule has 0 radical (unpaired) electrons. The Hall–Kier alpha value is -3.87. The molecule has 0 fully saturated rings. The molecular formula is C25H25N7. The minimum absolute atomic E-state index is 0.632. The number of pyridine rings is 1. The van der Waals surface area contributed by atoms with Crippen LogP contribution in [-0.2, 0) is 19.4 Å². The molecule has 0 amide bonds. The number of hydrogen-bond donors (Lipinski definition) is 1. The van der Waals surface area contributed by atoms with Crippen molar-refractivity contribution in [3.05, 3.63) is 88.6 Å². The molecule has 0 aliphatic heterocycles. The van der Waals surface area contributed by atoms with Gasteiger partial charge in [0.05, 0.1) is 6.54 Å². The summed E-state index contributed by atoms with van der Waals surface area (Å²) >= 11 is 0. The number of nitrogens with zero attached hydrogens (tertiary/aromatic N) is 6. The molecule has 7 heteroatoms. The Morgan fingerprint density at radius 2 is 1.81 bits per heavy atom. The van der Waals surface area contributed by atoms with Crippen LogP contribution in [0.4, 0.5) is 0 Å². The monoisotopic (exact) mass is 423 g/mol. The summed E-state index contributed by atoms with van der Waals surface area (Å²) in [7, 11) is 0. The van der Waals surface area contributed by atoms with Gasteiger partial charge in [-0.15, -0.1) is 5.10 Å². The maximum atomic E-state index is 4.89. The zero-order valence-corrected chi connectivity index (χ0v) is 18.5. The van der Waals surface area contributed by atoms with Crippen molar-refractivity contribution in [1.29, 1.82) is 0 Å². The number of hydrogen-bond acceptors (Lipinski definition) is 5. The first-order valence-corrected chi connectivity index (χ1v) is 10.9. The average Bonchev–Trinajstić information content (AvgIpc) is 3.43. The van der Waals surface area contributed by atoms with Crippen LogP contribution in [0.3, 0.4) is 0 Å². The van der Waals surface area contributed by atoms with Crippen molar-refractivity contribution in [2.45, 2.75) is 40.2 Å². The van der Waals surface area contributed by atoms with Gasteiger partial charge in [-0.25, -0.2) is 15.1 Å². The van der Waals surface area contributed by atoms with E-state index < -0.39 is 0 Å². The summed E-state index contributed by atoms with van der Waals surface area (Å²) in [5.41, 5.74) is 8.85. The fourth-order valence-corrected chi connectivity index (χ4v) is 4.29. The van der Waals surface area contributed by atoms with Gasteiger partial charge in [-0.3, -0.25) is 0 Å². The lowest BCUT2D eigenvalue weighted by Crippen LogP contribution is -2.07. The summed E-state index contributed by atoms with van der Waals surface area (Å²) in [5.74, 6) is 1.80. The number of aryl methyl sites for hydroxylation is 3. The van der Waals surface area contributed by atoms with E-state index in [4.69, 9.17) is 9.97 Å². The van der Waals surface area contributed by atoms with Crippen molar-refractivity contribution in [3.8, 4) is 11.1 Å². The minimum Gasteiger partial charge on any atom is -0.308 e. The molecule has 0 unspecified atom stereocenters. The maximum Gasteiger partial charge on any atom is 0.160 e. The standard InChI is InChI=1S/C25H25N7/c1-4-23-27-24-16(2)12-17(3)26-25(24)32(23)15-18-10-11-21(19-8-6-5-7-9-19)20(13-18)14-22-28-30-31-29-22/h5-13H,4,14-15H2,1-3H3,(H,28,29,30,31). The first-order valence-electron chi connectivity index (χ1n) is 10.9. The van der Waals surface area contributed by atoms with Crippen LogP contribution in [0, 0.1) is 13.8 Å². The van der Waals surface area contributed by atoms with Crippen LogP contribution in [0.2, 0.25) is 0 Å². The third-order valence-corrected chi connectivity index (χ3v) is 5.76. The quantitative estimate of drug-likeness (QED) is 0.437. The molecule has 160 valence electrons. The van der Waals surface area contributed by atoms with Crippen LogP contribution in [-0.4, -0.2) is 35.2 Å². The fourth-order valence-electron chi connectivity index (χ4n) is 4.29. The lowest BCUT2D eigenvalue weighted by atomic mass is 9.95. The van der Waals surface area contributed by atoms with Gasteiger partial charge in [0, 0.05) is 18.5 Å². The highest BCUT2D eigenvalue weighted by molar-refractivity contribution is 5.76. The Balaban J connectivity index is 1.59. The zero-order valence-electron chi connectivity index (χ0n) is 18.5. The SMILES string of the molecule is CCc1nc2c(C)cc(C)nc2n1Cc1ccc(-c2ccccc2)c(Cc2nnn[nH]2)c1. The molecule has 0 spiro atoms. The van der Waals surface area contributed by atoms with E-state index in [0.29, 0.717) is 13.0 Å². The van der Waals surface area contributed by atoms with Crippen molar-refractivity contribution >= 4 is 11.2 Å². The summed E-state index contributed by atoms with van der Waals surface area (Å²) in [6.07, 6.45) is 1.49. The molecule has 5 rings (SSSR count). The van der Waals surface area contributed by atoms with Crippen molar-refractivity contribution in [2.75, 3.05) is 0 Å². The fraction of sp³-hybridized carbons (Fsp3) is 0.240. The van der Waals surface area contributed by atoms with Crippen molar-refractivity contribution in [3.63, 3.8) is 0 Å². The van der Waals surface area contributed by atoms with E-state index in [-0.39, 0.29) is 0 Å². The molecule has 0 saturated heterocycles. The Morgan fingerprint density at radius 1 is 0.969 bits per heavy atom. The molecular weight excluding hydrogens is 398 g/mol. The maximum absolute atomic E-state index is 4.89. The third-order valence-electron chi connectivity index (χ3n) is 5.76. The molecule has 0 aliphatic carbocycles. The zero-order chi connectivity index (χ0) is 22.1. The van der Waals surface area contributed by atoms with Gasteiger partial charge in [-0.2, -0.15) is 0 Å². The first kappa shape index (κ1) is 20.1. The Labute approximate surface area is 186 Å². The lowest BCUT2D eigenvalue weighted by molar-refractivity contribution is 0.744. The molecule has 1 N–H and O–H groups in total. The minimum atomic E-state index is 0.632. The van der Waals surface area contributed by atoms with Crippen LogP contribution in [0.25, 0.3) is 22.3 Å². The van der Waals surface area contributed by atoms with Crippen LogP contribution in [0.1, 0.15) is 41.0 Å². The number of imidazole rings is 1. The highest BCUT2D eigenvalue weighted by atomic mass is 15.5. The van der Waals surface area contributed by atoms with Crippen molar-refractivity contribution < 1.29 is 0 Å². The van der Waals surface area contributed by atoms with Gasteiger partial charge in [0.1, 0.15) is 11.3 Å². The van der Waals surface area contributed by atoms with E-state index in [1.54, 1.807) is 0 Å². The number of rotatable bonds is 6. The molecule has 5 aromatic rings. The number of H-pyrrole nitrogens is 1. The Kier molecular flexibility index (Phi) is 5.23. The van der Waals surface area contributed by atoms with Gasteiger partial charge in [0.2, 0.25) is 0 Å². The van der Waals surface area contributed by atoms with Gasteiger partial charge in [0.25, 0.3) is 0 Å². The number of tetrazole rings is 1. The summed E-state index contributed by atoms with van der Waals surface area (Å²) in [6.45, 7) is 6.99. The average molecular weight is 424 g/mol. The summed E-state index contributed by atoms with van der Waals surface area (Å²) in [4.78, 5) is 9.70. The van der Waals surface area contributed by atoms with Gasteiger partial charge in [0.15, 0.2) is 11.5 Å². The lowest BCUT2D eigenvalue weighted by Gasteiger charge is -2.13. The predicted molar refractivity (Wildman–Crippen MR) is 124 cm³/mol. The van der Waals surface area contributed by atoms with E-state index >= 15 is 0 Å². The molecule has 7 nitrogen and oxygen atoms in total. The highest BCUT2D eigenvalue weighted by Gasteiger charge is 2.15. The topological polar surface area (TPSA) is 85.2 Å². The van der Waals surface area contributed by atoms with Crippen LogP contribution < -0.4 is 0 Å². The molecule has 3 aromatic heterocycles. The second-order valence-electron chi connectivity index (χ2n) is 8.10. The van der Waals surface area contributed by atoms with E-state index in [9.17, 15) is 0 Å². The van der Waals surface area contributed by atoms with Gasteiger partial charge in [-0.1, -0.05) is 55.5 Å². The molecule has 2 aromatic carbocycles. The largest absolute Gasteiger partial charge is 0.308 e. The number of aromatic amines is 1. The van der Waals surface area contributed by atoms with E-state index in [1.165, 1.54) is 27.8 Å². The molecule has 0 saturated carbocycles. The molecule has 0 aliphatic rings.